The highest BCUT2D eigenvalue weighted by Gasteiger charge is 2.11. The van der Waals surface area contributed by atoms with Crippen LogP contribution in [0.1, 0.15) is 27.2 Å². The smallest absolute Gasteiger partial charge is 0.251 e. The highest BCUT2D eigenvalue weighted by molar-refractivity contribution is 5.94. The van der Waals surface area contributed by atoms with Gasteiger partial charge in [-0.25, -0.2) is 0 Å². The molecule has 2 heterocycles. The molecule has 0 aliphatic carbocycles. The molecule has 0 radical (unpaired) electrons. The molecule has 0 unspecified atom stereocenters. The van der Waals surface area contributed by atoms with E-state index in [-0.39, 0.29) is 5.91 Å². The van der Waals surface area contributed by atoms with Gasteiger partial charge in [-0.05, 0) is 38.1 Å². The van der Waals surface area contributed by atoms with E-state index in [1.807, 2.05) is 32.0 Å². The van der Waals surface area contributed by atoms with Crippen LogP contribution in [-0.2, 0) is 6.54 Å². The van der Waals surface area contributed by atoms with E-state index in [0.717, 1.165) is 11.1 Å². The van der Waals surface area contributed by atoms with Crippen LogP contribution in [0.15, 0.2) is 51.6 Å². The Morgan fingerprint density at radius 3 is 2.59 bits per heavy atom. The predicted molar refractivity (Wildman–Crippen MR) is 81.3 cm³/mol. The minimum Gasteiger partial charge on any atom is -0.461 e. The summed E-state index contributed by atoms with van der Waals surface area (Å²) in [5.74, 6) is 1.02. The maximum absolute atomic E-state index is 12.2. The highest BCUT2D eigenvalue weighted by atomic mass is 16.5. The number of nitrogens with one attached hydrogen (secondary N) is 1. The van der Waals surface area contributed by atoms with Crippen LogP contribution in [0.3, 0.4) is 0 Å². The van der Waals surface area contributed by atoms with Gasteiger partial charge in [0.05, 0.1) is 12.8 Å². The summed E-state index contributed by atoms with van der Waals surface area (Å²) >= 11 is 0. The molecule has 2 aromatic heterocycles. The predicted octanol–water partition coefficient (Wildman–Crippen LogP) is 3.48. The number of nitrogens with zero attached hydrogens (tertiary/aromatic N) is 1. The van der Waals surface area contributed by atoms with Crippen molar-refractivity contribution < 1.29 is 13.7 Å². The number of furan rings is 1. The minimum absolute atomic E-state index is 0.130. The topological polar surface area (TPSA) is 68.3 Å². The molecule has 5 nitrogen and oxygen atoms in total. The number of benzene rings is 1. The summed E-state index contributed by atoms with van der Waals surface area (Å²) in [6.07, 6.45) is 1.57. The summed E-state index contributed by atoms with van der Waals surface area (Å²) in [7, 11) is 0. The lowest BCUT2D eigenvalue weighted by Crippen LogP contribution is -2.23. The number of carbonyl (C=O) groups excluding carboxylic acids is 1. The van der Waals surface area contributed by atoms with Crippen LogP contribution in [0.4, 0.5) is 0 Å². The maximum atomic E-state index is 12.2. The zero-order valence-electron chi connectivity index (χ0n) is 12.4. The molecular weight excluding hydrogens is 280 g/mol. The first-order valence-electron chi connectivity index (χ1n) is 6.98. The second-order valence-corrected chi connectivity index (χ2v) is 5.22. The third kappa shape index (κ3) is 3.09. The van der Waals surface area contributed by atoms with E-state index in [2.05, 4.69) is 10.5 Å². The lowest BCUT2D eigenvalue weighted by atomic mass is 10.1. The molecule has 0 bridgehead atoms. The third-order valence-electron chi connectivity index (χ3n) is 3.24. The van der Waals surface area contributed by atoms with Crippen molar-refractivity contribution in [3.63, 3.8) is 0 Å². The van der Waals surface area contributed by atoms with Gasteiger partial charge >= 0.3 is 0 Å². The molecule has 1 aromatic carbocycles. The Kier molecular flexibility index (Phi) is 3.78. The van der Waals surface area contributed by atoms with Gasteiger partial charge in [0.25, 0.3) is 5.91 Å². The number of rotatable bonds is 4. The first-order chi connectivity index (χ1) is 10.6. The van der Waals surface area contributed by atoms with Gasteiger partial charge in [-0.3, -0.25) is 4.79 Å². The van der Waals surface area contributed by atoms with Crippen molar-refractivity contribution in [1.29, 1.82) is 0 Å². The van der Waals surface area contributed by atoms with Crippen molar-refractivity contribution in [2.45, 2.75) is 20.4 Å². The zero-order chi connectivity index (χ0) is 15.5. The second kappa shape index (κ2) is 5.89. The molecule has 1 N–H and O–H groups in total. The summed E-state index contributed by atoms with van der Waals surface area (Å²) < 4.78 is 10.4. The van der Waals surface area contributed by atoms with E-state index >= 15 is 0 Å². The summed E-state index contributed by atoms with van der Waals surface area (Å²) in [5, 5.41) is 6.76. The quantitative estimate of drug-likeness (QED) is 0.800. The summed E-state index contributed by atoms with van der Waals surface area (Å²) in [6, 6.07) is 11.1. The lowest BCUT2D eigenvalue weighted by Gasteiger charge is -2.05. The summed E-state index contributed by atoms with van der Waals surface area (Å²) in [5.41, 5.74) is 3.41. The number of amides is 1. The van der Waals surface area contributed by atoms with E-state index in [4.69, 9.17) is 8.94 Å². The second-order valence-electron chi connectivity index (χ2n) is 5.22. The fourth-order valence-corrected chi connectivity index (χ4v) is 2.31. The highest BCUT2D eigenvalue weighted by Crippen LogP contribution is 2.20. The SMILES string of the molecule is Cc1cc(C)cc(C(=O)NCc2cc(-c3ccco3)on2)c1. The van der Waals surface area contributed by atoms with E-state index < -0.39 is 0 Å². The van der Waals surface area contributed by atoms with Gasteiger partial charge in [0.15, 0.2) is 5.76 Å². The molecule has 5 heteroatoms. The van der Waals surface area contributed by atoms with Crippen LogP contribution < -0.4 is 5.32 Å². The first kappa shape index (κ1) is 14.1. The van der Waals surface area contributed by atoms with Crippen LogP contribution in [0.25, 0.3) is 11.5 Å². The Morgan fingerprint density at radius 2 is 1.91 bits per heavy atom. The molecule has 0 saturated carbocycles. The van der Waals surface area contributed by atoms with Crippen molar-refractivity contribution >= 4 is 5.91 Å². The number of aromatic nitrogens is 1. The van der Waals surface area contributed by atoms with E-state index in [1.165, 1.54) is 0 Å². The molecule has 0 atom stereocenters. The molecular formula is C17H16N2O3. The van der Waals surface area contributed by atoms with Crippen LogP contribution in [0, 0.1) is 13.8 Å². The maximum Gasteiger partial charge on any atom is 0.251 e. The largest absolute Gasteiger partial charge is 0.461 e. The van der Waals surface area contributed by atoms with Gasteiger partial charge in [-0.1, -0.05) is 22.3 Å². The average molecular weight is 296 g/mol. The van der Waals surface area contributed by atoms with Crippen LogP contribution in [-0.4, -0.2) is 11.1 Å². The van der Waals surface area contributed by atoms with Crippen molar-refractivity contribution in [3.8, 4) is 11.5 Å². The monoisotopic (exact) mass is 296 g/mol. The standard InChI is InChI=1S/C17H16N2O3/c1-11-6-12(2)8-13(7-11)17(20)18-10-14-9-16(22-19-14)15-4-3-5-21-15/h3-9H,10H2,1-2H3,(H,18,20). The van der Waals surface area contributed by atoms with Gasteiger partial charge in [-0.2, -0.15) is 0 Å². The van der Waals surface area contributed by atoms with E-state index in [1.54, 1.807) is 24.5 Å². The number of carbonyl (C=O) groups is 1. The van der Waals surface area contributed by atoms with E-state index in [0.29, 0.717) is 29.3 Å². The van der Waals surface area contributed by atoms with Gasteiger partial charge in [-0.15, -0.1) is 0 Å². The summed E-state index contributed by atoms with van der Waals surface area (Å²) in [6.45, 7) is 4.24. The molecule has 112 valence electrons. The number of hydrogen-bond donors (Lipinski definition) is 1. The van der Waals surface area contributed by atoms with Gasteiger partial charge in [0, 0.05) is 11.6 Å². The van der Waals surface area contributed by atoms with Crippen molar-refractivity contribution in [3.05, 3.63) is 65.0 Å². The van der Waals surface area contributed by atoms with Crippen molar-refractivity contribution in [2.75, 3.05) is 0 Å². The zero-order valence-corrected chi connectivity index (χ0v) is 12.4. The van der Waals surface area contributed by atoms with Gasteiger partial charge in [0.1, 0.15) is 5.69 Å². The average Bonchev–Trinajstić information content (AvgIpc) is 3.14. The van der Waals surface area contributed by atoms with E-state index in [9.17, 15) is 4.79 Å². The molecule has 0 saturated heterocycles. The number of aryl methyl sites for hydroxylation is 2. The molecule has 3 aromatic rings. The molecule has 0 spiro atoms. The van der Waals surface area contributed by atoms with Crippen LogP contribution in [0.2, 0.25) is 0 Å². The fourth-order valence-electron chi connectivity index (χ4n) is 2.31. The molecule has 3 rings (SSSR count). The lowest BCUT2D eigenvalue weighted by molar-refractivity contribution is 0.0950. The molecule has 22 heavy (non-hydrogen) atoms. The summed E-state index contributed by atoms with van der Waals surface area (Å²) in [4.78, 5) is 12.2. The first-order valence-corrected chi connectivity index (χ1v) is 6.98. The Bertz CT molecular complexity index is 768. The minimum atomic E-state index is -0.130. The van der Waals surface area contributed by atoms with Crippen LogP contribution in [0.5, 0.6) is 0 Å². The van der Waals surface area contributed by atoms with Crippen LogP contribution >= 0.6 is 0 Å². The molecule has 0 aliphatic rings. The molecule has 0 aliphatic heterocycles. The Labute approximate surface area is 127 Å². The Balaban J connectivity index is 1.66. The fraction of sp³-hybridized carbons (Fsp3) is 0.176. The molecule has 0 fully saturated rings. The number of hydrogen-bond acceptors (Lipinski definition) is 4. The van der Waals surface area contributed by atoms with Crippen molar-refractivity contribution in [1.82, 2.24) is 10.5 Å². The normalized spacial score (nSPS) is 10.6. The van der Waals surface area contributed by atoms with Gasteiger partial charge in [0.2, 0.25) is 5.76 Å². The van der Waals surface area contributed by atoms with Crippen molar-refractivity contribution in [2.24, 2.45) is 0 Å². The Hall–Kier alpha value is -2.82. The molecule has 1 amide bonds. The van der Waals surface area contributed by atoms with Gasteiger partial charge < -0.3 is 14.3 Å². The third-order valence-corrected chi connectivity index (χ3v) is 3.24. The Morgan fingerprint density at radius 1 is 1.14 bits per heavy atom.